The number of sulfonamides is 1. The highest BCUT2D eigenvalue weighted by Crippen LogP contribution is 2.12. The van der Waals surface area contributed by atoms with E-state index in [1.165, 1.54) is 30.3 Å². The molecule has 2 aromatic rings. The molecule has 0 saturated heterocycles. The molecule has 1 amide bonds. The summed E-state index contributed by atoms with van der Waals surface area (Å²) in [6, 6.07) is 12.0. The Morgan fingerprint density at radius 1 is 1.12 bits per heavy atom. The SMILES string of the molecule is CCC(C)NC(=O)c1ccc(S(=O)(=O)NCCc2ccccc2F)cc1. The van der Waals surface area contributed by atoms with Gasteiger partial charge in [-0.15, -0.1) is 0 Å². The third-order valence-electron chi connectivity index (χ3n) is 4.06. The Morgan fingerprint density at radius 3 is 2.38 bits per heavy atom. The van der Waals surface area contributed by atoms with Crippen LogP contribution in [0, 0.1) is 5.82 Å². The molecule has 2 rings (SSSR count). The average molecular weight is 378 g/mol. The summed E-state index contributed by atoms with van der Waals surface area (Å²) in [5.41, 5.74) is 0.850. The predicted molar refractivity (Wildman–Crippen MR) is 99.0 cm³/mol. The van der Waals surface area contributed by atoms with E-state index in [1.807, 2.05) is 13.8 Å². The topological polar surface area (TPSA) is 75.3 Å². The maximum absolute atomic E-state index is 13.6. The maximum Gasteiger partial charge on any atom is 0.251 e. The highest BCUT2D eigenvalue weighted by molar-refractivity contribution is 7.89. The lowest BCUT2D eigenvalue weighted by atomic mass is 10.1. The number of hydrogen-bond acceptors (Lipinski definition) is 3. The monoisotopic (exact) mass is 378 g/mol. The van der Waals surface area contributed by atoms with Gasteiger partial charge >= 0.3 is 0 Å². The Hall–Kier alpha value is -2.25. The van der Waals surface area contributed by atoms with E-state index in [4.69, 9.17) is 0 Å². The smallest absolute Gasteiger partial charge is 0.251 e. The van der Waals surface area contributed by atoms with Crippen LogP contribution >= 0.6 is 0 Å². The minimum Gasteiger partial charge on any atom is -0.350 e. The van der Waals surface area contributed by atoms with Crippen molar-refractivity contribution in [1.29, 1.82) is 0 Å². The summed E-state index contributed by atoms with van der Waals surface area (Å²) in [6.45, 7) is 3.95. The van der Waals surface area contributed by atoms with Gasteiger partial charge in [-0.3, -0.25) is 4.79 Å². The van der Waals surface area contributed by atoms with Crippen LogP contribution in [0.2, 0.25) is 0 Å². The third-order valence-corrected chi connectivity index (χ3v) is 5.54. The van der Waals surface area contributed by atoms with Gasteiger partial charge in [0, 0.05) is 18.2 Å². The summed E-state index contributed by atoms with van der Waals surface area (Å²) in [7, 11) is -3.72. The lowest BCUT2D eigenvalue weighted by molar-refractivity contribution is 0.0939. The Labute approximate surface area is 153 Å². The molecule has 2 N–H and O–H groups in total. The van der Waals surface area contributed by atoms with Crippen LogP contribution in [0.4, 0.5) is 4.39 Å². The van der Waals surface area contributed by atoms with Gasteiger partial charge in [0.2, 0.25) is 10.0 Å². The summed E-state index contributed by atoms with van der Waals surface area (Å²) in [5.74, 6) is -0.598. The standard InChI is InChI=1S/C19H23FN2O3S/c1-3-14(2)22-19(23)16-8-10-17(11-9-16)26(24,25)21-13-12-15-6-4-5-7-18(15)20/h4-11,14,21H,3,12-13H2,1-2H3,(H,22,23). The average Bonchev–Trinajstić information content (AvgIpc) is 2.63. The molecule has 0 aromatic heterocycles. The number of carbonyl (C=O) groups excluding carboxylic acids is 1. The number of hydrogen-bond donors (Lipinski definition) is 2. The molecule has 0 saturated carbocycles. The van der Waals surface area contributed by atoms with E-state index < -0.39 is 10.0 Å². The molecule has 0 aliphatic heterocycles. The zero-order chi connectivity index (χ0) is 19.2. The largest absolute Gasteiger partial charge is 0.350 e. The number of rotatable bonds is 8. The summed E-state index contributed by atoms with van der Waals surface area (Å²) >= 11 is 0. The van der Waals surface area contributed by atoms with Crippen LogP contribution in [-0.4, -0.2) is 26.9 Å². The first-order chi connectivity index (χ1) is 12.3. The number of carbonyl (C=O) groups is 1. The van der Waals surface area contributed by atoms with Gasteiger partial charge in [-0.1, -0.05) is 25.1 Å². The molecular formula is C19H23FN2O3S. The maximum atomic E-state index is 13.6. The number of nitrogens with one attached hydrogen (secondary N) is 2. The fourth-order valence-corrected chi connectivity index (χ4v) is 3.33. The molecule has 0 heterocycles. The molecule has 2 aromatic carbocycles. The van der Waals surface area contributed by atoms with Gasteiger partial charge in [0.1, 0.15) is 5.82 Å². The number of halogens is 1. The second kappa shape index (κ2) is 8.91. The summed E-state index contributed by atoms with van der Waals surface area (Å²) in [4.78, 5) is 12.1. The predicted octanol–water partition coefficient (Wildman–Crippen LogP) is 2.88. The van der Waals surface area contributed by atoms with Crippen molar-refractivity contribution in [3.05, 3.63) is 65.5 Å². The highest BCUT2D eigenvalue weighted by atomic mass is 32.2. The minimum absolute atomic E-state index is 0.0472. The lowest BCUT2D eigenvalue weighted by Crippen LogP contribution is -2.32. The van der Waals surface area contributed by atoms with E-state index in [0.717, 1.165) is 6.42 Å². The summed E-state index contributed by atoms with van der Waals surface area (Å²) < 4.78 is 40.6. The first-order valence-corrected chi connectivity index (χ1v) is 9.96. The second-order valence-electron chi connectivity index (χ2n) is 6.05. The van der Waals surface area contributed by atoms with Crippen LogP contribution in [0.25, 0.3) is 0 Å². The Kier molecular flexibility index (Phi) is 6.88. The number of amides is 1. The van der Waals surface area contributed by atoms with Gasteiger partial charge in [0.25, 0.3) is 5.91 Å². The summed E-state index contributed by atoms with van der Waals surface area (Å²) in [5, 5.41) is 2.82. The van der Waals surface area contributed by atoms with Crippen LogP contribution in [-0.2, 0) is 16.4 Å². The third kappa shape index (κ3) is 5.37. The molecule has 1 atom stereocenters. The molecule has 26 heavy (non-hydrogen) atoms. The first-order valence-electron chi connectivity index (χ1n) is 8.47. The van der Waals surface area contributed by atoms with E-state index in [0.29, 0.717) is 11.1 Å². The highest BCUT2D eigenvalue weighted by Gasteiger charge is 2.15. The molecule has 0 bridgehead atoms. The van der Waals surface area contributed by atoms with Crippen molar-refractivity contribution in [2.75, 3.05) is 6.54 Å². The minimum atomic E-state index is -3.72. The van der Waals surface area contributed by atoms with E-state index in [9.17, 15) is 17.6 Å². The van der Waals surface area contributed by atoms with Crippen molar-refractivity contribution in [1.82, 2.24) is 10.0 Å². The van der Waals surface area contributed by atoms with E-state index in [-0.39, 0.29) is 35.6 Å². The fourth-order valence-electron chi connectivity index (χ4n) is 2.30. The van der Waals surface area contributed by atoms with Crippen LogP contribution in [0.5, 0.6) is 0 Å². The molecule has 7 heteroatoms. The fraction of sp³-hybridized carbons (Fsp3) is 0.316. The second-order valence-corrected chi connectivity index (χ2v) is 7.81. The van der Waals surface area contributed by atoms with Gasteiger partial charge in [0.05, 0.1) is 4.90 Å². The van der Waals surface area contributed by atoms with Gasteiger partial charge in [-0.2, -0.15) is 0 Å². The molecule has 0 aliphatic carbocycles. The van der Waals surface area contributed by atoms with E-state index >= 15 is 0 Å². The van der Waals surface area contributed by atoms with Crippen molar-refractivity contribution in [3.63, 3.8) is 0 Å². The quantitative estimate of drug-likeness (QED) is 0.742. The van der Waals surface area contributed by atoms with Crippen molar-refractivity contribution in [3.8, 4) is 0 Å². The molecule has 140 valence electrons. The molecule has 0 radical (unpaired) electrons. The van der Waals surface area contributed by atoms with Crippen molar-refractivity contribution >= 4 is 15.9 Å². The molecule has 5 nitrogen and oxygen atoms in total. The van der Waals surface area contributed by atoms with Gasteiger partial charge in [-0.25, -0.2) is 17.5 Å². The zero-order valence-corrected chi connectivity index (χ0v) is 15.6. The van der Waals surface area contributed by atoms with Gasteiger partial charge < -0.3 is 5.32 Å². The molecule has 1 unspecified atom stereocenters. The summed E-state index contributed by atoms with van der Waals surface area (Å²) in [6.07, 6.45) is 1.06. The molecular weight excluding hydrogens is 355 g/mol. The first kappa shape index (κ1) is 20.1. The Morgan fingerprint density at radius 2 is 1.77 bits per heavy atom. The van der Waals surface area contributed by atoms with Gasteiger partial charge in [0.15, 0.2) is 0 Å². The van der Waals surface area contributed by atoms with E-state index in [1.54, 1.807) is 18.2 Å². The molecule has 0 spiro atoms. The Bertz CT molecular complexity index is 851. The Balaban J connectivity index is 1.98. The lowest BCUT2D eigenvalue weighted by Gasteiger charge is -2.12. The molecule has 0 fully saturated rings. The van der Waals surface area contributed by atoms with Gasteiger partial charge in [-0.05, 0) is 55.7 Å². The normalized spacial score (nSPS) is 12.6. The van der Waals surface area contributed by atoms with E-state index in [2.05, 4.69) is 10.0 Å². The zero-order valence-electron chi connectivity index (χ0n) is 14.8. The van der Waals surface area contributed by atoms with Crippen LogP contribution < -0.4 is 10.0 Å². The van der Waals surface area contributed by atoms with Crippen LogP contribution in [0.1, 0.15) is 36.2 Å². The molecule has 0 aliphatic rings. The van der Waals surface area contributed by atoms with Crippen molar-refractivity contribution < 1.29 is 17.6 Å². The van der Waals surface area contributed by atoms with Crippen molar-refractivity contribution in [2.45, 2.75) is 37.6 Å². The van der Waals surface area contributed by atoms with Crippen LogP contribution in [0.3, 0.4) is 0 Å². The number of benzene rings is 2. The van der Waals surface area contributed by atoms with Crippen molar-refractivity contribution in [2.24, 2.45) is 0 Å². The van der Waals surface area contributed by atoms with Crippen LogP contribution in [0.15, 0.2) is 53.4 Å².